The smallest absolute Gasteiger partial charge is 0.327 e. The molecule has 1 atom stereocenters. The van der Waals surface area contributed by atoms with Crippen LogP contribution in [0.2, 0.25) is 0 Å². The Kier molecular flexibility index (Phi) is 4.97. The highest BCUT2D eigenvalue weighted by Gasteiger charge is 2.41. The Labute approximate surface area is 137 Å². The van der Waals surface area contributed by atoms with Crippen molar-refractivity contribution >= 4 is 46.3 Å². The number of thiocarbonyl (C=S) groups is 1. The lowest BCUT2D eigenvalue weighted by Gasteiger charge is -2.26. The topological polar surface area (TPSA) is 57.6 Å². The molecule has 1 aliphatic heterocycles. The first-order chi connectivity index (χ1) is 10.3. The van der Waals surface area contributed by atoms with Gasteiger partial charge >= 0.3 is 5.97 Å². The van der Waals surface area contributed by atoms with Gasteiger partial charge in [0.15, 0.2) is 0 Å². The van der Waals surface area contributed by atoms with Gasteiger partial charge in [-0.15, -0.1) is 0 Å². The predicted octanol–water partition coefficient (Wildman–Crippen LogP) is 3.14. The van der Waals surface area contributed by atoms with Gasteiger partial charge in [-0.25, -0.2) is 9.18 Å². The van der Waals surface area contributed by atoms with Gasteiger partial charge in [-0.1, -0.05) is 50.0 Å². The van der Waals surface area contributed by atoms with Crippen molar-refractivity contribution in [3.05, 3.63) is 40.6 Å². The van der Waals surface area contributed by atoms with Crippen LogP contribution in [0.25, 0.3) is 6.08 Å². The SMILES string of the molecule is CC(C)[C@H](C(=O)O)N1C(=O)/C(=C\c2ccc(F)cc2)SC1=S. The van der Waals surface area contributed by atoms with Crippen LogP contribution < -0.4 is 0 Å². The fourth-order valence-corrected chi connectivity index (χ4v) is 3.45. The van der Waals surface area contributed by atoms with Gasteiger partial charge in [-0.3, -0.25) is 9.69 Å². The molecule has 116 valence electrons. The molecule has 1 fully saturated rings. The lowest BCUT2D eigenvalue weighted by Crippen LogP contribution is -2.47. The van der Waals surface area contributed by atoms with E-state index in [2.05, 4.69) is 0 Å². The molecule has 1 aromatic rings. The molecule has 0 saturated carbocycles. The van der Waals surface area contributed by atoms with Crippen LogP contribution in [0.4, 0.5) is 4.39 Å². The molecule has 0 aromatic heterocycles. The number of carbonyl (C=O) groups is 2. The van der Waals surface area contributed by atoms with Gasteiger partial charge in [-0.2, -0.15) is 0 Å². The number of hydrogen-bond acceptors (Lipinski definition) is 4. The number of aliphatic carboxylic acids is 1. The molecule has 0 unspecified atom stereocenters. The van der Waals surface area contributed by atoms with Gasteiger partial charge in [0.05, 0.1) is 4.91 Å². The minimum absolute atomic E-state index is 0.222. The molecule has 1 heterocycles. The molecule has 0 spiro atoms. The van der Waals surface area contributed by atoms with E-state index >= 15 is 0 Å². The molecule has 2 rings (SSSR count). The Balaban J connectivity index is 2.32. The van der Waals surface area contributed by atoms with Gasteiger partial charge in [0.25, 0.3) is 5.91 Å². The van der Waals surface area contributed by atoms with E-state index in [0.717, 1.165) is 16.7 Å². The fraction of sp³-hybridized carbons (Fsp3) is 0.267. The monoisotopic (exact) mass is 339 g/mol. The van der Waals surface area contributed by atoms with E-state index in [4.69, 9.17) is 12.2 Å². The summed E-state index contributed by atoms with van der Waals surface area (Å²) in [6.07, 6.45) is 1.58. The molecule has 22 heavy (non-hydrogen) atoms. The fourth-order valence-electron chi connectivity index (χ4n) is 2.12. The molecule has 4 nitrogen and oxygen atoms in total. The molecule has 1 amide bonds. The van der Waals surface area contributed by atoms with Crippen LogP contribution in [-0.4, -0.2) is 32.2 Å². The molecular weight excluding hydrogens is 325 g/mol. The van der Waals surface area contributed by atoms with Gasteiger partial charge in [0.1, 0.15) is 16.2 Å². The normalized spacial score (nSPS) is 18.4. The second kappa shape index (κ2) is 6.58. The van der Waals surface area contributed by atoms with Crippen molar-refractivity contribution in [1.29, 1.82) is 0 Å². The summed E-state index contributed by atoms with van der Waals surface area (Å²) in [7, 11) is 0. The third kappa shape index (κ3) is 3.36. The number of nitrogens with zero attached hydrogens (tertiary/aromatic N) is 1. The van der Waals surface area contributed by atoms with E-state index in [9.17, 15) is 19.1 Å². The minimum Gasteiger partial charge on any atom is -0.480 e. The number of carboxylic acid groups (broad SMARTS) is 1. The van der Waals surface area contributed by atoms with Gasteiger partial charge in [0, 0.05) is 0 Å². The lowest BCUT2D eigenvalue weighted by molar-refractivity contribution is -0.146. The molecular formula is C15H14FNO3S2. The summed E-state index contributed by atoms with van der Waals surface area (Å²) in [6.45, 7) is 3.45. The van der Waals surface area contributed by atoms with E-state index < -0.39 is 17.9 Å². The molecule has 7 heteroatoms. The van der Waals surface area contributed by atoms with Crippen molar-refractivity contribution in [1.82, 2.24) is 4.90 Å². The first kappa shape index (κ1) is 16.6. The average molecular weight is 339 g/mol. The summed E-state index contributed by atoms with van der Waals surface area (Å²) in [6, 6.07) is 4.67. The summed E-state index contributed by atoms with van der Waals surface area (Å²) >= 11 is 6.21. The quantitative estimate of drug-likeness (QED) is 0.675. The maximum Gasteiger partial charge on any atom is 0.327 e. The standard InChI is InChI=1S/C15H14FNO3S2/c1-8(2)12(14(19)20)17-13(18)11(22-15(17)21)7-9-3-5-10(16)6-4-9/h3-8,12H,1-2H3,(H,19,20)/b11-7+/t12-/m1/s1. The molecule has 0 aliphatic carbocycles. The highest BCUT2D eigenvalue weighted by Crippen LogP contribution is 2.35. The number of carboxylic acids is 1. The van der Waals surface area contributed by atoms with Crippen LogP contribution in [0.15, 0.2) is 29.2 Å². The maximum absolute atomic E-state index is 12.9. The lowest BCUT2D eigenvalue weighted by atomic mass is 10.0. The van der Waals surface area contributed by atoms with E-state index in [-0.39, 0.29) is 16.1 Å². The Bertz CT molecular complexity index is 655. The second-order valence-electron chi connectivity index (χ2n) is 5.13. The average Bonchev–Trinajstić information content (AvgIpc) is 2.69. The van der Waals surface area contributed by atoms with Crippen molar-refractivity contribution in [2.75, 3.05) is 0 Å². The number of rotatable bonds is 4. The van der Waals surface area contributed by atoms with Crippen molar-refractivity contribution in [2.45, 2.75) is 19.9 Å². The van der Waals surface area contributed by atoms with Crippen LogP contribution in [-0.2, 0) is 9.59 Å². The zero-order valence-corrected chi connectivity index (χ0v) is 13.6. The highest BCUT2D eigenvalue weighted by atomic mass is 32.2. The summed E-state index contributed by atoms with van der Waals surface area (Å²) in [5.74, 6) is -2.16. The van der Waals surface area contributed by atoms with Crippen molar-refractivity contribution in [2.24, 2.45) is 5.92 Å². The van der Waals surface area contributed by atoms with Gasteiger partial charge in [-0.05, 0) is 29.7 Å². The minimum atomic E-state index is -1.09. The first-order valence-electron chi connectivity index (χ1n) is 6.56. The van der Waals surface area contributed by atoms with Crippen LogP contribution in [0.3, 0.4) is 0 Å². The van der Waals surface area contributed by atoms with Crippen molar-refractivity contribution in [3.8, 4) is 0 Å². The van der Waals surface area contributed by atoms with Gasteiger partial charge in [0.2, 0.25) is 0 Å². The van der Waals surface area contributed by atoms with Crippen molar-refractivity contribution in [3.63, 3.8) is 0 Å². The van der Waals surface area contributed by atoms with Crippen LogP contribution >= 0.6 is 24.0 Å². The van der Waals surface area contributed by atoms with E-state index in [1.165, 1.54) is 12.1 Å². The molecule has 0 radical (unpaired) electrons. The Hall–Kier alpha value is -1.73. The number of benzene rings is 1. The zero-order valence-electron chi connectivity index (χ0n) is 11.9. The molecule has 1 aromatic carbocycles. The summed E-state index contributed by atoms with van der Waals surface area (Å²) in [5, 5.41) is 9.32. The number of thioether (sulfide) groups is 1. The summed E-state index contributed by atoms with van der Waals surface area (Å²) < 4.78 is 13.1. The number of halogens is 1. The van der Waals surface area contributed by atoms with E-state index in [0.29, 0.717) is 10.5 Å². The summed E-state index contributed by atoms with van der Waals surface area (Å²) in [5.41, 5.74) is 0.651. The number of hydrogen-bond donors (Lipinski definition) is 1. The van der Waals surface area contributed by atoms with E-state index in [1.54, 1.807) is 32.1 Å². The summed E-state index contributed by atoms with van der Waals surface area (Å²) in [4.78, 5) is 25.3. The van der Waals surface area contributed by atoms with Crippen LogP contribution in [0.1, 0.15) is 19.4 Å². The maximum atomic E-state index is 12.9. The van der Waals surface area contributed by atoms with Gasteiger partial charge < -0.3 is 5.11 Å². The molecule has 1 aliphatic rings. The Morgan fingerprint density at radius 3 is 2.45 bits per heavy atom. The van der Waals surface area contributed by atoms with Crippen molar-refractivity contribution < 1.29 is 19.1 Å². The Morgan fingerprint density at radius 2 is 1.95 bits per heavy atom. The van der Waals surface area contributed by atoms with E-state index in [1.807, 2.05) is 0 Å². The predicted molar refractivity (Wildman–Crippen MR) is 87.7 cm³/mol. The number of carbonyl (C=O) groups excluding carboxylic acids is 1. The van der Waals surface area contributed by atoms with Crippen LogP contribution in [0.5, 0.6) is 0 Å². The highest BCUT2D eigenvalue weighted by molar-refractivity contribution is 8.26. The van der Waals surface area contributed by atoms with Crippen LogP contribution in [0, 0.1) is 11.7 Å². The largest absolute Gasteiger partial charge is 0.480 e. The Morgan fingerprint density at radius 1 is 1.36 bits per heavy atom. The molecule has 1 N–H and O–H groups in total. The second-order valence-corrected chi connectivity index (χ2v) is 6.81. The third-order valence-corrected chi connectivity index (χ3v) is 4.48. The molecule has 1 saturated heterocycles. The number of amides is 1. The molecule has 0 bridgehead atoms. The first-order valence-corrected chi connectivity index (χ1v) is 7.79. The zero-order chi connectivity index (χ0) is 16.4. The third-order valence-electron chi connectivity index (χ3n) is 3.15.